The van der Waals surface area contributed by atoms with E-state index in [-0.39, 0.29) is 0 Å². The van der Waals surface area contributed by atoms with E-state index in [1.54, 1.807) is 32.1 Å². The lowest BCUT2D eigenvalue weighted by molar-refractivity contribution is 0.0548. The molecule has 0 saturated heterocycles. The van der Waals surface area contributed by atoms with Gasteiger partial charge >= 0.3 is 0 Å². The van der Waals surface area contributed by atoms with Crippen molar-refractivity contribution >= 4 is 0 Å². The van der Waals surface area contributed by atoms with E-state index in [0.29, 0.717) is 0 Å². The molecule has 0 heterocycles. The van der Waals surface area contributed by atoms with Gasteiger partial charge in [0.25, 0.3) is 0 Å². The number of hydrogen-bond donors (Lipinski definition) is 0. The molecule has 82 valence electrons. The highest BCUT2D eigenvalue weighted by Crippen LogP contribution is 2.57. The summed E-state index contributed by atoms with van der Waals surface area (Å²) >= 11 is 0. The molecule has 0 N–H and O–H groups in total. The molecule has 0 aliphatic heterocycles. The third-order valence-corrected chi connectivity index (χ3v) is 4.57. The summed E-state index contributed by atoms with van der Waals surface area (Å²) in [6.07, 6.45) is 16.8. The first kappa shape index (κ1) is 10.5. The van der Waals surface area contributed by atoms with Crippen molar-refractivity contribution in [3.8, 4) is 0 Å². The summed E-state index contributed by atoms with van der Waals surface area (Å²) in [5.41, 5.74) is 0.884. The summed E-state index contributed by atoms with van der Waals surface area (Å²) in [5.74, 6) is 1.13. The summed E-state index contributed by atoms with van der Waals surface area (Å²) in [6, 6.07) is 0. The normalized spacial score (nSPS) is 25.5. The minimum atomic E-state index is 0.884. The standard InChI is InChI=1S/C14H26/c1-2-3-4-5-8-13-11-14(12-13)9-6-7-10-14/h13H,2-12H2,1H3. The van der Waals surface area contributed by atoms with Crippen LogP contribution in [0.1, 0.15) is 77.6 Å². The second-order valence-corrected chi connectivity index (χ2v) is 5.83. The van der Waals surface area contributed by atoms with Gasteiger partial charge in [0.15, 0.2) is 0 Å². The van der Waals surface area contributed by atoms with Gasteiger partial charge in [-0.15, -0.1) is 0 Å². The van der Waals surface area contributed by atoms with Crippen LogP contribution >= 0.6 is 0 Å². The van der Waals surface area contributed by atoms with Crippen molar-refractivity contribution in [1.82, 2.24) is 0 Å². The number of hydrogen-bond acceptors (Lipinski definition) is 0. The van der Waals surface area contributed by atoms with E-state index >= 15 is 0 Å². The van der Waals surface area contributed by atoms with Gasteiger partial charge in [0.05, 0.1) is 0 Å². The maximum atomic E-state index is 2.30. The first-order valence-electron chi connectivity index (χ1n) is 6.85. The Labute approximate surface area is 89.5 Å². The van der Waals surface area contributed by atoms with Crippen molar-refractivity contribution in [3.63, 3.8) is 0 Å². The van der Waals surface area contributed by atoms with Crippen molar-refractivity contribution in [2.24, 2.45) is 11.3 Å². The van der Waals surface area contributed by atoms with Gasteiger partial charge in [-0.05, 0) is 37.0 Å². The highest BCUT2D eigenvalue weighted by molar-refractivity contribution is 4.96. The zero-order valence-corrected chi connectivity index (χ0v) is 9.86. The zero-order valence-electron chi connectivity index (χ0n) is 9.86. The van der Waals surface area contributed by atoms with Crippen LogP contribution in [0.2, 0.25) is 0 Å². The Morgan fingerprint density at radius 3 is 2.36 bits per heavy atom. The van der Waals surface area contributed by atoms with Crippen molar-refractivity contribution in [2.75, 3.05) is 0 Å². The lowest BCUT2D eigenvalue weighted by atomic mass is 9.60. The summed E-state index contributed by atoms with van der Waals surface area (Å²) in [5, 5.41) is 0. The van der Waals surface area contributed by atoms with Gasteiger partial charge in [-0.2, -0.15) is 0 Å². The predicted octanol–water partition coefficient (Wildman–Crippen LogP) is 4.93. The second-order valence-electron chi connectivity index (χ2n) is 5.83. The van der Waals surface area contributed by atoms with Crippen molar-refractivity contribution in [1.29, 1.82) is 0 Å². The van der Waals surface area contributed by atoms with Crippen molar-refractivity contribution in [3.05, 3.63) is 0 Å². The topological polar surface area (TPSA) is 0 Å². The van der Waals surface area contributed by atoms with E-state index in [1.807, 2.05) is 0 Å². The molecule has 0 heteroatoms. The molecule has 14 heavy (non-hydrogen) atoms. The molecule has 2 aliphatic carbocycles. The average Bonchev–Trinajstić information content (AvgIpc) is 2.59. The third-order valence-electron chi connectivity index (χ3n) is 4.57. The molecule has 2 aliphatic rings. The van der Waals surface area contributed by atoms with E-state index < -0.39 is 0 Å². The Morgan fingerprint density at radius 2 is 1.71 bits per heavy atom. The molecule has 0 atom stereocenters. The molecule has 1 spiro atoms. The Hall–Kier alpha value is 0. The molecular weight excluding hydrogens is 168 g/mol. The van der Waals surface area contributed by atoms with Crippen LogP contribution < -0.4 is 0 Å². The van der Waals surface area contributed by atoms with Crippen LogP contribution in [-0.4, -0.2) is 0 Å². The molecule has 0 nitrogen and oxygen atoms in total. The summed E-state index contributed by atoms with van der Waals surface area (Å²) in [7, 11) is 0. The maximum Gasteiger partial charge on any atom is -0.0292 e. The summed E-state index contributed by atoms with van der Waals surface area (Å²) in [4.78, 5) is 0. The van der Waals surface area contributed by atoms with Crippen LogP contribution in [0.15, 0.2) is 0 Å². The van der Waals surface area contributed by atoms with Gasteiger partial charge in [-0.3, -0.25) is 0 Å². The molecule has 0 aromatic carbocycles. The molecule has 0 bridgehead atoms. The molecular formula is C14H26. The Kier molecular flexibility index (Phi) is 3.52. The van der Waals surface area contributed by atoms with E-state index in [0.717, 1.165) is 11.3 Å². The largest absolute Gasteiger partial charge is 0.0654 e. The Bertz CT molecular complexity index is 157. The SMILES string of the molecule is CCCCCCC1CC2(CCCC2)C1. The molecule has 0 unspecified atom stereocenters. The van der Waals surface area contributed by atoms with E-state index in [4.69, 9.17) is 0 Å². The van der Waals surface area contributed by atoms with Gasteiger partial charge in [-0.25, -0.2) is 0 Å². The zero-order chi connectivity index (χ0) is 9.86. The van der Waals surface area contributed by atoms with Crippen LogP contribution in [-0.2, 0) is 0 Å². The summed E-state index contributed by atoms with van der Waals surface area (Å²) < 4.78 is 0. The van der Waals surface area contributed by atoms with Crippen molar-refractivity contribution < 1.29 is 0 Å². The smallest absolute Gasteiger partial charge is 0.0292 e. The van der Waals surface area contributed by atoms with Crippen LogP contribution in [0, 0.1) is 11.3 Å². The lowest BCUT2D eigenvalue weighted by Gasteiger charge is -2.46. The highest BCUT2D eigenvalue weighted by atomic mass is 14.5. The monoisotopic (exact) mass is 194 g/mol. The first-order chi connectivity index (χ1) is 6.85. The van der Waals surface area contributed by atoms with E-state index in [1.165, 1.54) is 38.5 Å². The molecule has 0 aromatic heterocycles. The lowest BCUT2D eigenvalue weighted by Crippen LogP contribution is -2.34. The average molecular weight is 194 g/mol. The van der Waals surface area contributed by atoms with Gasteiger partial charge in [0.1, 0.15) is 0 Å². The van der Waals surface area contributed by atoms with Gasteiger partial charge in [0, 0.05) is 0 Å². The van der Waals surface area contributed by atoms with E-state index in [9.17, 15) is 0 Å². The van der Waals surface area contributed by atoms with E-state index in [2.05, 4.69) is 6.92 Å². The molecule has 2 fully saturated rings. The third kappa shape index (κ3) is 2.32. The second kappa shape index (κ2) is 4.68. The predicted molar refractivity (Wildman–Crippen MR) is 62.4 cm³/mol. The van der Waals surface area contributed by atoms with Crippen LogP contribution in [0.3, 0.4) is 0 Å². The molecule has 2 rings (SSSR count). The maximum absolute atomic E-state index is 2.30. The van der Waals surface area contributed by atoms with Crippen LogP contribution in [0.25, 0.3) is 0 Å². The molecule has 2 saturated carbocycles. The number of rotatable bonds is 5. The quantitative estimate of drug-likeness (QED) is 0.544. The fraction of sp³-hybridized carbons (Fsp3) is 1.00. The summed E-state index contributed by atoms with van der Waals surface area (Å²) in [6.45, 7) is 2.30. The molecule has 0 amide bonds. The van der Waals surface area contributed by atoms with Gasteiger partial charge in [-0.1, -0.05) is 51.9 Å². The van der Waals surface area contributed by atoms with Crippen molar-refractivity contribution in [2.45, 2.75) is 77.6 Å². The van der Waals surface area contributed by atoms with Gasteiger partial charge < -0.3 is 0 Å². The van der Waals surface area contributed by atoms with Gasteiger partial charge in [0.2, 0.25) is 0 Å². The molecule has 0 radical (unpaired) electrons. The Morgan fingerprint density at radius 1 is 1.00 bits per heavy atom. The first-order valence-corrected chi connectivity index (χ1v) is 6.85. The van der Waals surface area contributed by atoms with Crippen LogP contribution in [0.4, 0.5) is 0 Å². The molecule has 0 aromatic rings. The highest BCUT2D eigenvalue weighted by Gasteiger charge is 2.44. The minimum absolute atomic E-state index is 0.884. The fourth-order valence-corrected chi connectivity index (χ4v) is 3.76. The fourth-order valence-electron chi connectivity index (χ4n) is 3.76. The van der Waals surface area contributed by atoms with Crippen LogP contribution in [0.5, 0.6) is 0 Å². The minimum Gasteiger partial charge on any atom is -0.0654 e. The number of unbranched alkanes of at least 4 members (excludes halogenated alkanes) is 3. The Balaban J connectivity index is 1.54.